The third kappa shape index (κ3) is 2.82. The largest absolute Gasteiger partial charge is 0.495 e. The topological polar surface area (TPSA) is 50.5 Å². The average Bonchev–Trinajstić information content (AvgIpc) is 3.25. The van der Waals surface area contributed by atoms with E-state index in [0.717, 1.165) is 28.7 Å². The Morgan fingerprint density at radius 2 is 1.92 bits per heavy atom. The molecule has 0 bridgehead atoms. The van der Waals surface area contributed by atoms with Gasteiger partial charge in [0.1, 0.15) is 23.3 Å². The van der Waals surface area contributed by atoms with Crippen LogP contribution < -0.4 is 15.0 Å². The van der Waals surface area contributed by atoms with Gasteiger partial charge in [0.25, 0.3) is 0 Å². The Morgan fingerprint density at radius 1 is 1.12 bits per heavy atom. The first-order valence-corrected chi connectivity index (χ1v) is 8.80. The molecule has 0 aliphatic carbocycles. The fourth-order valence-electron chi connectivity index (χ4n) is 3.34. The van der Waals surface area contributed by atoms with Gasteiger partial charge in [0.15, 0.2) is 5.11 Å². The molecule has 0 spiro atoms. The van der Waals surface area contributed by atoms with Gasteiger partial charge in [0.05, 0.1) is 24.5 Å². The van der Waals surface area contributed by atoms with Crippen molar-refractivity contribution in [3.63, 3.8) is 0 Å². The number of para-hydroxylation sites is 2. The molecule has 5 nitrogen and oxygen atoms in total. The summed E-state index contributed by atoms with van der Waals surface area (Å²) in [6, 6.07) is 17.4. The summed E-state index contributed by atoms with van der Waals surface area (Å²) in [6.07, 6.45) is 1.79. The molecule has 1 N–H and O–H groups in total. The normalized spacial score (nSPS) is 19.5. The van der Waals surface area contributed by atoms with E-state index in [0.29, 0.717) is 5.11 Å². The van der Waals surface area contributed by atoms with E-state index >= 15 is 0 Å². The van der Waals surface area contributed by atoms with Crippen molar-refractivity contribution in [2.24, 2.45) is 0 Å². The Kier molecular flexibility index (Phi) is 4.34. The predicted molar refractivity (Wildman–Crippen MR) is 104 cm³/mol. The number of hydrogen-bond donors (Lipinski definition) is 1. The highest BCUT2D eigenvalue weighted by molar-refractivity contribution is 7.80. The highest BCUT2D eigenvalue weighted by Crippen LogP contribution is 2.44. The van der Waals surface area contributed by atoms with Crippen LogP contribution in [0.5, 0.6) is 5.75 Å². The lowest BCUT2D eigenvalue weighted by molar-refractivity contribution is 0.404. The van der Waals surface area contributed by atoms with Crippen molar-refractivity contribution >= 4 is 23.0 Å². The molecule has 1 fully saturated rings. The lowest BCUT2D eigenvalue weighted by Gasteiger charge is -2.27. The molecule has 0 unspecified atom stereocenters. The van der Waals surface area contributed by atoms with Crippen LogP contribution in [0.4, 0.5) is 5.69 Å². The molecule has 0 radical (unpaired) electrons. The highest BCUT2D eigenvalue weighted by Gasteiger charge is 2.43. The number of pyridine rings is 1. The molecule has 1 aliphatic rings. The number of nitrogens with zero attached hydrogens (tertiary/aromatic N) is 2. The number of nitrogens with one attached hydrogen (secondary N) is 1. The maximum absolute atomic E-state index is 5.98. The number of furan rings is 1. The van der Waals surface area contributed by atoms with Crippen molar-refractivity contribution < 1.29 is 9.15 Å². The van der Waals surface area contributed by atoms with Gasteiger partial charge in [-0.1, -0.05) is 18.2 Å². The summed E-state index contributed by atoms with van der Waals surface area (Å²) in [5.74, 6) is 2.44. The van der Waals surface area contributed by atoms with E-state index in [4.69, 9.17) is 21.4 Å². The number of ether oxygens (including phenoxy) is 1. The number of thiocarbonyl (C=S) groups is 1. The maximum atomic E-state index is 5.98. The van der Waals surface area contributed by atoms with Crippen molar-refractivity contribution in [3.8, 4) is 5.75 Å². The minimum Gasteiger partial charge on any atom is -0.495 e. The molecule has 3 aromatic rings. The van der Waals surface area contributed by atoms with Gasteiger partial charge in [0, 0.05) is 6.20 Å². The van der Waals surface area contributed by atoms with E-state index in [1.165, 1.54) is 0 Å². The second-order valence-corrected chi connectivity index (χ2v) is 6.50. The van der Waals surface area contributed by atoms with Crippen molar-refractivity contribution in [1.82, 2.24) is 10.3 Å². The smallest absolute Gasteiger partial charge is 0.174 e. The Balaban J connectivity index is 1.85. The molecule has 26 heavy (non-hydrogen) atoms. The summed E-state index contributed by atoms with van der Waals surface area (Å²) in [5.41, 5.74) is 1.80. The summed E-state index contributed by atoms with van der Waals surface area (Å²) < 4.78 is 11.5. The molecule has 2 aromatic heterocycles. The van der Waals surface area contributed by atoms with E-state index < -0.39 is 0 Å². The Labute approximate surface area is 157 Å². The van der Waals surface area contributed by atoms with Crippen molar-refractivity contribution in [3.05, 3.63) is 78.0 Å². The minimum atomic E-state index is -0.164. The third-order valence-electron chi connectivity index (χ3n) is 4.50. The average molecular weight is 365 g/mol. The van der Waals surface area contributed by atoms with E-state index in [2.05, 4.69) is 10.3 Å². The van der Waals surface area contributed by atoms with E-state index in [1.54, 1.807) is 13.3 Å². The molecule has 2 atom stereocenters. The quantitative estimate of drug-likeness (QED) is 0.701. The predicted octanol–water partition coefficient (Wildman–Crippen LogP) is 4.17. The number of aryl methyl sites for hydroxylation is 1. The molecule has 0 amide bonds. The molecule has 4 rings (SSSR count). The van der Waals surface area contributed by atoms with Gasteiger partial charge in [-0.25, -0.2) is 0 Å². The summed E-state index contributed by atoms with van der Waals surface area (Å²) in [4.78, 5) is 6.57. The van der Waals surface area contributed by atoms with Crippen LogP contribution in [-0.4, -0.2) is 17.2 Å². The number of hydrogen-bond acceptors (Lipinski definition) is 4. The zero-order chi connectivity index (χ0) is 18.1. The van der Waals surface area contributed by atoms with Crippen molar-refractivity contribution in [1.29, 1.82) is 0 Å². The van der Waals surface area contributed by atoms with Crippen molar-refractivity contribution in [2.75, 3.05) is 12.0 Å². The molecular weight excluding hydrogens is 346 g/mol. The fraction of sp³-hybridized carbons (Fsp3) is 0.200. The molecule has 1 aromatic carbocycles. The van der Waals surface area contributed by atoms with Gasteiger partial charge in [0.2, 0.25) is 0 Å². The Morgan fingerprint density at radius 3 is 2.62 bits per heavy atom. The van der Waals surface area contributed by atoms with Gasteiger partial charge in [-0.15, -0.1) is 0 Å². The summed E-state index contributed by atoms with van der Waals surface area (Å²) in [5, 5.41) is 4.02. The zero-order valence-electron chi connectivity index (χ0n) is 14.5. The second kappa shape index (κ2) is 6.80. The molecule has 3 heterocycles. The van der Waals surface area contributed by atoms with Gasteiger partial charge in [-0.05, 0) is 55.5 Å². The van der Waals surface area contributed by atoms with E-state index in [9.17, 15) is 0 Å². The lowest BCUT2D eigenvalue weighted by Crippen LogP contribution is -2.29. The molecular formula is C20H19N3O2S. The molecule has 1 aliphatic heterocycles. The number of anilines is 1. The van der Waals surface area contributed by atoms with Gasteiger partial charge >= 0.3 is 0 Å². The first-order valence-electron chi connectivity index (χ1n) is 8.39. The monoisotopic (exact) mass is 365 g/mol. The summed E-state index contributed by atoms with van der Waals surface area (Å²) in [6.45, 7) is 1.94. The SMILES string of the molecule is COc1ccccc1N1C(=S)N[C@H](c2ccccn2)[C@@H]1c1ccc(C)o1. The molecule has 0 saturated carbocycles. The minimum absolute atomic E-state index is 0.126. The van der Waals surface area contributed by atoms with Crippen LogP contribution in [0.1, 0.15) is 29.3 Å². The number of benzene rings is 1. The fourth-order valence-corrected chi connectivity index (χ4v) is 3.68. The van der Waals surface area contributed by atoms with Crippen LogP contribution in [0.15, 0.2) is 65.2 Å². The lowest BCUT2D eigenvalue weighted by atomic mass is 10.0. The highest BCUT2D eigenvalue weighted by atomic mass is 32.1. The van der Waals surface area contributed by atoms with Gasteiger partial charge < -0.3 is 19.4 Å². The van der Waals surface area contributed by atoms with Crippen LogP contribution in [0.3, 0.4) is 0 Å². The van der Waals surface area contributed by atoms with Gasteiger partial charge in [-0.2, -0.15) is 0 Å². The Hall–Kier alpha value is -2.86. The number of aromatic nitrogens is 1. The second-order valence-electron chi connectivity index (χ2n) is 6.12. The molecule has 132 valence electrons. The third-order valence-corrected chi connectivity index (χ3v) is 4.81. The van der Waals surface area contributed by atoms with Crippen LogP contribution in [-0.2, 0) is 0 Å². The van der Waals surface area contributed by atoms with Crippen LogP contribution >= 0.6 is 12.2 Å². The summed E-state index contributed by atoms with van der Waals surface area (Å²) >= 11 is 5.68. The van der Waals surface area contributed by atoms with Gasteiger partial charge in [-0.3, -0.25) is 4.98 Å². The number of rotatable bonds is 4. The maximum Gasteiger partial charge on any atom is 0.174 e. The molecule has 1 saturated heterocycles. The summed E-state index contributed by atoms with van der Waals surface area (Å²) in [7, 11) is 1.66. The number of methoxy groups -OCH3 is 1. The van der Waals surface area contributed by atoms with Crippen LogP contribution in [0, 0.1) is 6.92 Å². The Bertz CT molecular complexity index is 926. The first kappa shape index (κ1) is 16.6. The van der Waals surface area contributed by atoms with Crippen molar-refractivity contribution in [2.45, 2.75) is 19.0 Å². The van der Waals surface area contributed by atoms with Crippen LogP contribution in [0.2, 0.25) is 0 Å². The van der Waals surface area contributed by atoms with Crippen LogP contribution in [0.25, 0.3) is 0 Å². The molecule has 6 heteroatoms. The standard InChI is InChI=1S/C20H19N3O2S/c1-13-10-11-17(25-13)19-18(14-7-5-6-12-21-14)22-20(26)23(19)15-8-3-4-9-16(15)24-2/h3-12,18-19H,1-2H3,(H,22,26)/t18-,19+/m1/s1. The van der Waals surface area contributed by atoms with E-state index in [-0.39, 0.29) is 12.1 Å². The first-order chi connectivity index (χ1) is 12.7. The zero-order valence-corrected chi connectivity index (χ0v) is 15.4. The van der Waals surface area contributed by atoms with E-state index in [1.807, 2.05) is 66.4 Å².